The van der Waals surface area contributed by atoms with Crippen molar-refractivity contribution >= 4 is 123 Å². The fourth-order valence-corrected chi connectivity index (χ4v) is 11.0. The molecule has 49 heteroatoms. The predicted octanol–water partition coefficient (Wildman–Crippen LogP) is 4.57. The number of halogens is 4. The number of nitrogens with one attached hydrogen (secondary N) is 2. The van der Waals surface area contributed by atoms with Gasteiger partial charge in [-0.05, 0) is 18.9 Å². The fourth-order valence-electron chi connectivity index (χ4n) is 7.97. The summed E-state index contributed by atoms with van der Waals surface area (Å²) in [6, 6.07) is 1.54. The van der Waals surface area contributed by atoms with Crippen LogP contribution in [-0.2, 0) is 90.1 Å². The van der Waals surface area contributed by atoms with Crippen molar-refractivity contribution in [1.29, 1.82) is 0 Å². The molecule has 3 aliphatic rings. The second-order valence-electron chi connectivity index (χ2n) is 21.5. The smallest absolute Gasteiger partial charge is 0.462 e. The minimum atomic E-state index is -1.25. The van der Waals surface area contributed by atoms with E-state index in [2.05, 4.69) is 34.5 Å². The minimum absolute atomic E-state index is 0. The molecule has 3 aliphatic heterocycles. The first kappa shape index (κ1) is 100. The molecule has 1 amide bonds. The Kier molecular flexibility index (Phi) is 50.5. The van der Waals surface area contributed by atoms with Crippen molar-refractivity contribution in [2.45, 2.75) is 83.5 Å². The molecule has 6 heterocycles. The van der Waals surface area contributed by atoms with Crippen molar-refractivity contribution in [3.63, 3.8) is 0 Å². The lowest BCUT2D eigenvalue weighted by molar-refractivity contribution is -0.142. The monoisotopic (exact) mass is 1680 g/mol. The number of anilines is 3. The molecule has 0 radical (unpaired) electrons. The summed E-state index contributed by atoms with van der Waals surface area (Å²) in [5.74, 6) is -2.18. The average molecular weight is 1690 g/mol. The lowest BCUT2D eigenvalue weighted by Crippen LogP contribution is -2.38. The molecule has 7 unspecified atom stereocenters. The second-order valence-corrected chi connectivity index (χ2v) is 25.7. The van der Waals surface area contributed by atoms with Gasteiger partial charge in [0, 0.05) is 73.2 Å². The van der Waals surface area contributed by atoms with E-state index in [1.54, 1.807) is 19.2 Å². The number of rotatable bonds is 39. The van der Waals surface area contributed by atoms with Crippen LogP contribution < -0.4 is 33.4 Å². The van der Waals surface area contributed by atoms with Crippen LogP contribution in [-0.4, -0.2) is 283 Å². The van der Waals surface area contributed by atoms with Crippen LogP contribution in [0.15, 0.2) is 39.0 Å². The molecule has 6 rings (SSSR count). The first-order valence-corrected chi connectivity index (χ1v) is 35.9. The SMILES string of the molecule is C.C.CCC(CO)(CO)CO.CCC(COC)(COC(=O)OCCOC(=O)Nc1nc(=O)n(C2CSC(COC(=O)OCCOC(C)=O)O2)cc1F)COC(=O)OCCOC(=O)OCC1OC(n2cc(F)c(NC)nc2=O)CS1.Nc1ccn(C2CSC(CO)O2)c(=O)n1.O=C(Cl)OCCOCCOCCOC(=O)Cl. The number of aliphatic hydroxyl groups excluding tert-OH is 4. The van der Waals surface area contributed by atoms with E-state index in [-0.39, 0.29) is 155 Å². The zero-order valence-corrected chi connectivity index (χ0v) is 62.7. The Morgan fingerprint density at radius 2 is 0.927 bits per heavy atom. The van der Waals surface area contributed by atoms with Gasteiger partial charge in [-0.25, -0.2) is 56.7 Å². The van der Waals surface area contributed by atoms with E-state index >= 15 is 0 Å². The Morgan fingerprint density at radius 3 is 1.32 bits per heavy atom. The number of carbonyl (C=O) groups excluding carboxylic acids is 8. The second kappa shape index (κ2) is 55.5. The molecule has 3 saturated heterocycles. The zero-order valence-electron chi connectivity index (χ0n) is 58.8. The van der Waals surface area contributed by atoms with E-state index in [0.29, 0.717) is 25.4 Å². The molecule has 42 nitrogen and oxygen atoms in total. The lowest BCUT2D eigenvalue weighted by atomic mass is 9.88. The molecule has 3 aromatic heterocycles. The van der Waals surface area contributed by atoms with E-state index in [0.717, 1.165) is 33.3 Å². The highest BCUT2D eigenvalue weighted by atomic mass is 35.5. The van der Waals surface area contributed by atoms with Gasteiger partial charge in [-0.3, -0.25) is 23.8 Å². The van der Waals surface area contributed by atoms with Crippen molar-refractivity contribution in [2.24, 2.45) is 10.8 Å². The maximum absolute atomic E-state index is 14.8. The van der Waals surface area contributed by atoms with Crippen LogP contribution in [0.3, 0.4) is 0 Å². The third kappa shape index (κ3) is 38.8. The van der Waals surface area contributed by atoms with Gasteiger partial charge >= 0.3 is 64.6 Å². The van der Waals surface area contributed by atoms with Crippen LogP contribution in [0.5, 0.6) is 0 Å². The number of aromatic nitrogens is 6. The standard InChI is InChI=1S/C37H48F2N6O21S2.C8H12Cl2O6.C8H11N3O3S.C6H14O3.2CH4/c1-5-37(18-54-4,20-64-36(53)60-11-10-58-34(51)62-15-26-65-24(16-67-26)44-12-22(38)28(40-3)41-30(44)47)19-63-35(52)59-9-7-56-32(49)43-29-23(39)13-45(31(48)42-29)25-17-68-27(66-25)14-61-33(50)57-8-6-55-21(2)46;9-7(11)15-5-3-13-1-2-14-4-6-16-8(10)12;9-5-1-2-11(8(13)10-5)6-4-15-7(3-12)14-6;1-2-6(3-7,4-8)5-9;;/h12-13,24-27H,5-11,14-20H2,1-4H3,(H,40,41,47)(H,42,43,48,49);1-6H2;1-2,6-7,12H,3-4H2,(H2,9,10,13);7-9H,2-5H2,1H3;2*1H4. The topological polar surface area (TPSA) is 538 Å². The highest BCUT2D eigenvalue weighted by Crippen LogP contribution is 2.34. The third-order valence-electron chi connectivity index (χ3n) is 14.0. The number of aliphatic hydroxyl groups is 4. The van der Waals surface area contributed by atoms with Crippen LogP contribution in [0.1, 0.15) is 67.1 Å². The number of methoxy groups -OCH3 is 1. The number of nitrogens with two attached hydrogens (primary N) is 1. The molecule has 8 N–H and O–H groups in total. The summed E-state index contributed by atoms with van der Waals surface area (Å²) in [5.41, 5.74) is -1.94. The van der Waals surface area contributed by atoms with Crippen LogP contribution >= 0.6 is 58.5 Å². The van der Waals surface area contributed by atoms with Crippen LogP contribution in [0.4, 0.5) is 59.8 Å². The number of hydrogen-bond donors (Lipinski definition) is 7. The number of amides is 1. The van der Waals surface area contributed by atoms with Crippen molar-refractivity contribution in [3.05, 3.63) is 67.7 Å². The summed E-state index contributed by atoms with van der Waals surface area (Å²) in [6.45, 7) is 2.03. The summed E-state index contributed by atoms with van der Waals surface area (Å²) in [7, 11) is 2.78. The Balaban J connectivity index is 0.00000115. The molecule has 0 saturated carbocycles. The van der Waals surface area contributed by atoms with Gasteiger partial charge in [0.05, 0.1) is 77.3 Å². The van der Waals surface area contributed by atoms with E-state index in [1.165, 1.54) is 49.2 Å². The molecule has 0 aliphatic carbocycles. The van der Waals surface area contributed by atoms with Crippen LogP contribution in [0, 0.1) is 22.5 Å². The maximum atomic E-state index is 14.8. The Bertz CT molecular complexity index is 3430. The number of nitrogen functional groups attached to an aromatic ring is 1. The summed E-state index contributed by atoms with van der Waals surface area (Å²) >= 11 is 13.6. The van der Waals surface area contributed by atoms with Gasteiger partial charge in [0.25, 0.3) is 0 Å². The predicted molar refractivity (Wildman–Crippen MR) is 384 cm³/mol. The first-order valence-electron chi connectivity index (χ1n) is 32.0. The Morgan fingerprint density at radius 1 is 0.545 bits per heavy atom. The number of carbonyl (C=O) groups is 8. The highest BCUT2D eigenvalue weighted by Gasteiger charge is 2.35. The molecule has 0 aromatic carbocycles. The van der Waals surface area contributed by atoms with E-state index in [4.69, 9.17) is 120 Å². The molecule has 3 aromatic rings. The number of hydrogen-bond acceptors (Lipinski definition) is 41. The molecule has 626 valence electrons. The molecule has 3 fully saturated rings. The van der Waals surface area contributed by atoms with Gasteiger partial charge in [0.15, 0.2) is 23.3 Å². The van der Waals surface area contributed by atoms with E-state index in [1.807, 2.05) is 12.2 Å². The van der Waals surface area contributed by atoms with Gasteiger partial charge in [0.1, 0.15) is 120 Å². The van der Waals surface area contributed by atoms with Crippen molar-refractivity contribution in [2.75, 3.05) is 187 Å². The lowest BCUT2D eigenvalue weighted by Gasteiger charge is -2.30. The Labute approximate surface area is 650 Å². The van der Waals surface area contributed by atoms with Crippen LogP contribution in [0.25, 0.3) is 0 Å². The van der Waals surface area contributed by atoms with Gasteiger partial charge in [0.2, 0.25) is 0 Å². The third-order valence-corrected chi connectivity index (χ3v) is 17.5. The minimum Gasteiger partial charge on any atom is -0.462 e. The fraction of sp³-hybridized carbons (Fsp3) is 0.672. The summed E-state index contributed by atoms with van der Waals surface area (Å²) in [5, 5.41) is 39.3. The van der Waals surface area contributed by atoms with Crippen molar-refractivity contribution in [3.8, 4) is 0 Å². The summed E-state index contributed by atoms with van der Waals surface area (Å²) in [4.78, 5) is 139. The molecule has 7 atom stereocenters. The summed E-state index contributed by atoms with van der Waals surface area (Å²) < 4.78 is 122. The van der Waals surface area contributed by atoms with Gasteiger partial charge in [-0.1, -0.05) is 28.7 Å². The summed E-state index contributed by atoms with van der Waals surface area (Å²) in [6.07, 6.45) is -3.83. The quantitative estimate of drug-likeness (QED) is 0.0178. The number of thioether (sulfide) groups is 3. The van der Waals surface area contributed by atoms with Gasteiger partial charge < -0.3 is 117 Å². The Hall–Kier alpha value is -7.91. The first-order chi connectivity index (χ1) is 51.6. The molecule has 0 spiro atoms. The number of nitrogens with zero attached hydrogens (tertiary/aromatic N) is 6. The van der Waals surface area contributed by atoms with E-state index < -0.39 is 143 Å². The van der Waals surface area contributed by atoms with E-state index in [9.17, 15) is 61.5 Å². The van der Waals surface area contributed by atoms with Crippen molar-refractivity contribution in [1.82, 2.24) is 28.7 Å². The number of esters is 1. The van der Waals surface area contributed by atoms with Gasteiger partial charge in [-0.15, -0.1) is 35.3 Å². The highest BCUT2D eigenvalue weighted by molar-refractivity contribution is 8.00. The molecule has 0 bridgehead atoms. The average Bonchev–Trinajstić information content (AvgIpc) is 1.57. The normalized spacial score (nSPS) is 17.2. The number of ether oxygens (including phenoxy) is 18. The van der Waals surface area contributed by atoms with Gasteiger partial charge in [-0.2, -0.15) is 15.0 Å². The molecular weight excluding hydrogens is 1590 g/mol. The van der Waals surface area contributed by atoms with Crippen molar-refractivity contribution < 1.29 is 153 Å². The molecule has 110 heavy (non-hydrogen) atoms. The zero-order chi connectivity index (χ0) is 80.0. The maximum Gasteiger partial charge on any atom is 0.508 e. The molecular formula is C61H93Cl2F2N9O33S3. The largest absolute Gasteiger partial charge is 0.508 e. The van der Waals surface area contributed by atoms with Crippen LogP contribution in [0.2, 0.25) is 0 Å².